The van der Waals surface area contributed by atoms with Crippen LogP contribution in [0.2, 0.25) is 0 Å². The fourth-order valence-corrected chi connectivity index (χ4v) is 3.01. The van der Waals surface area contributed by atoms with E-state index in [0.717, 1.165) is 12.8 Å². The molecule has 1 aliphatic heterocycles. The lowest BCUT2D eigenvalue weighted by molar-refractivity contribution is -0.0721. The highest BCUT2D eigenvalue weighted by Gasteiger charge is 2.41. The lowest BCUT2D eigenvalue weighted by Crippen LogP contribution is -2.41. The third kappa shape index (κ3) is 8.47. The number of ether oxygens (including phenoxy) is 2. The summed E-state index contributed by atoms with van der Waals surface area (Å²) >= 11 is 0. The van der Waals surface area contributed by atoms with Crippen molar-refractivity contribution in [2.75, 3.05) is 13.2 Å². The summed E-state index contributed by atoms with van der Waals surface area (Å²) in [6.45, 7) is 1.96. The molecule has 0 aliphatic carbocycles. The Bertz CT molecular complexity index is 321. The molecule has 1 aliphatic rings. The van der Waals surface area contributed by atoms with Crippen LogP contribution in [0.1, 0.15) is 71.1 Å². The van der Waals surface area contributed by atoms with Gasteiger partial charge >= 0.3 is 0 Å². The third-order valence-corrected chi connectivity index (χ3v) is 4.54. The number of hydrogen-bond donors (Lipinski definition) is 3. The van der Waals surface area contributed by atoms with Gasteiger partial charge in [-0.3, -0.25) is 0 Å². The van der Waals surface area contributed by atoms with Gasteiger partial charge in [-0.15, -0.1) is 0 Å². The van der Waals surface area contributed by atoms with Crippen molar-refractivity contribution in [2.24, 2.45) is 0 Å². The van der Waals surface area contributed by atoms with Crippen molar-refractivity contribution in [2.45, 2.75) is 95.5 Å². The van der Waals surface area contributed by atoms with E-state index >= 15 is 0 Å². The van der Waals surface area contributed by atoms with E-state index in [-0.39, 0.29) is 6.61 Å². The third-order valence-electron chi connectivity index (χ3n) is 4.54. The van der Waals surface area contributed by atoms with Crippen LogP contribution in [0.4, 0.5) is 0 Å². The van der Waals surface area contributed by atoms with Crippen LogP contribution in [0.25, 0.3) is 0 Å². The van der Waals surface area contributed by atoms with Crippen molar-refractivity contribution in [3.8, 4) is 0 Å². The summed E-state index contributed by atoms with van der Waals surface area (Å²) in [7, 11) is 0. The summed E-state index contributed by atoms with van der Waals surface area (Å²) in [5, 5.41) is 28.4. The van der Waals surface area contributed by atoms with Gasteiger partial charge < -0.3 is 24.8 Å². The highest BCUT2D eigenvalue weighted by molar-refractivity contribution is 4.91. The number of unbranched alkanes of at least 4 members (excludes halogenated alkanes) is 9. The molecule has 0 saturated carbocycles. The summed E-state index contributed by atoms with van der Waals surface area (Å²) in [6.07, 6.45) is 13.2. The van der Waals surface area contributed by atoms with Gasteiger partial charge in [0.25, 0.3) is 0 Å². The first-order chi connectivity index (χ1) is 11.7. The van der Waals surface area contributed by atoms with Crippen molar-refractivity contribution in [1.29, 1.82) is 0 Å². The zero-order chi connectivity index (χ0) is 17.6. The van der Waals surface area contributed by atoms with E-state index < -0.39 is 31.0 Å². The molecule has 1 rings (SSSR count). The van der Waals surface area contributed by atoms with E-state index in [2.05, 4.69) is 6.92 Å². The molecule has 0 radical (unpaired) electrons. The zero-order valence-corrected chi connectivity index (χ0v) is 15.1. The Kier molecular flexibility index (Phi) is 12.2. The van der Waals surface area contributed by atoms with Crippen molar-refractivity contribution in [1.82, 2.24) is 0 Å². The molecule has 4 atom stereocenters. The molecule has 3 N–H and O–H groups in total. The lowest BCUT2D eigenvalue weighted by Gasteiger charge is -2.22. The van der Waals surface area contributed by atoms with Gasteiger partial charge in [-0.05, 0) is 18.9 Å². The Morgan fingerprint density at radius 1 is 1.08 bits per heavy atom. The first-order valence-electron chi connectivity index (χ1n) is 9.59. The van der Waals surface area contributed by atoms with Crippen LogP contribution in [0.5, 0.6) is 0 Å². The van der Waals surface area contributed by atoms with Crippen molar-refractivity contribution >= 4 is 0 Å². The molecular formula is C19H36O5. The Labute approximate surface area is 146 Å². The Balaban J connectivity index is 2.02. The molecule has 0 spiro atoms. The minimum absolute atomic E-state index is 0.124. The van der Waals surface area contributed by atoms with Crippen molar-refractivity contribution in [3.63, 3.8) is 0 Å². The molecule has 0 amide bonds. The molecule has 5 nitrogen and oxygen atoms in total. The molecule has 0 aromatic rings. The Morgan fingerprint density at radius 3 is 2.33 bits per heavy atom. The van der Waals surface area contributed by atoms with Gasteiger partial charge in [-0.1, -0.05) is 58.3 Å². The van der Waals surface area contributed by atoms with Crippen LogP contribution in [-0.2, 0) is 9.47 Å². The molecule has 142 valence electrons. The Hall–Kier alpha value is -0.620. The summed E-state index contributed by atoms with van der Waals surface area (Å²) in [6, 6.07) is 0. The van der Waals surface area contributed by atoms with E-state index in [4.69, 9.17) is 14.6 Å². The van der Waals surface area contributed by atoms with Crippen LogP contribution < -0.4 is 0 Å². The average molecular weight is 344 g/mol. The lowest BCUT2D eigenvalue weighted by atomic mass is 10.1. The van der Waals surface area contributed by atoms with E-state index in [9.17, 15) is 10.2 Å². The van der Waals surface area contributed by atoms with Gasteiger partial charge in [0.1, 0.15) is 18.3 Å². The number of rotatable bonds is 14. The van der Waals surface area contributed by atoms with Gasteiger partial charge in [-0.25, -0.2) is 0 Å². The van der Waals surface area contributed by atoms with Crippen molar-refractivity contribution in [3.05, 3.63) is 12.3 Å². The normalized spacial score (nSPS) is 25.4. The fraction of sp³-hybridized carbons (Fsp3) is 0.895. The second-order valence-electron chi connectivity index (χ2n) is 6.70. The number of hydrogen-bond acceptors (Lipinski definition) is 5. The van der Waals surface area contributed by atoms with Crippen LogP contribution >= 0.6 is 0 Å². The molecule has 1 saturated heterocycles. The van der Waals surface area contributed by atoms with Gasteiger partial charge in [0.2, 0.25) is 0 Å². The fourth-order valence-electron chi connectivity index (χ4n) is 3.01. The molecule has 0 bridgehead atoms. The number of aliphatic hydroxyl groups is 3. The SMILES string of the molecule is CCCCCCCCCCC/C=C/O[C@H]1[C@@H]([C@H](O)CO)OC[C@@H]1O. The standard InChI is InChI=1S/C19H36O5/c1-2-3-4-5-6-7-8-9-10-11-12-13-23-19-17(22)15-24-18(19)16(21)14-20/h12-13,16-22H,2-11,14-15H2,1H3/b13-12+/t16-,17+,18-,19-/m1/s1. The molecule has 24 heavy (non-hydrogen) atoms. The molecule has 0 aromatic carbocycles. The van der Waals surface area contributed by atoms with Crippen LogP contribution in [-0.4, -0.2) is 52.9 Å². The maximum absolute atomic E-state index is 9.80. The molecule has 1 heterocycles. The zero-order valence-electron chi connectivity index (χ0n) is 15.1. The van der Waals surface area contributed by atoms with E-state index in [1.54, 1.807) is 6.26 Å². The van der Waals surface area contributed by atoms with Gasteiger partial charge in [0.05, 0.1) is 19.5 Å². The molecule has 1 fully saturated rings. The summed E-state index contributed by atoms with van der Waals surface area (Å²) in [5.74, 6) is 0. The second-order valence-corrected chi connectivity index (χ2v) is 6.70. The first kappa shape index (κ1) is 21.4. The first-order valence-corrected chi connectivity index (χ1v) is 9.59. The molecular weight excluding hydrogens is 308 g/mol. The number of allylic oxidation sites excluding steroid dienone is 1. The van der Waals surface area contributed by atoms with E-state index in [1.807, 2.05) is 6.08 Å². The van der Waals surface area contributed by atoms with E-state index in [1.165, 1.54) is 51.4 Å². The quantitative estimate of drug-likeness (QED) is 0.333. The molecule has 0 aromatic heterocycles. The maximum atomic E-state index is 9.80. The maximum Gasteiger partial charge on any atom is 0.154 e. The highest BCUT2D eigenvalue weighted by Crippen LogP contribution is 2.21. The van der Waals surface area contributed by atoms with Gasteiger partial charge in [0.15, 0.2) is 6.10 Å². The van der Waals surface area contributed by atoms with Crippen LogP contribution in [0.15, 0.2) is 12.3 Å². The summed E-state index contributed by atoms with van der Waals surface area (Å²) < 4.78 is 10.8. The smallest absolute Gasteiger partial charge is 0.154 e. The topological polar surface area (TPSA) is 79.2 Å². The monoisotopic (exact) mass is 344 g/mol. The Morgan fingerprint density at radius 2 is 1.71 bits per heavy atom. The predicted molar refractivity (Wildman–Crippen MR) is 94.7 cm³/mol. The van der Waals surface area contributed by atoms with Crippen LogP contribution in [0.3, 0.4) is 0 Å². The number of aliphatic hydroxyl groups excluding tert-OH is 3. The average Bonchev–Trinajstić information content (AvgIpc) is 2.96. The minimum Gasteiger partial charge on any atom is -0.493 e. The highest BCUT2D eigenvalue weighted by atomic mass is 16.6. The van der Waals surface area contributed by atoms with Gasteiger partial charge in [-0.2, -0.15) is 0 Å². The molecule has 0 unspecified atom stereocenters. The predicted octanol–water partition coefficient (Wildman–Crippen LogP) is 2.92. The van der Waals surface area contributed by atoms with E-state index in [0.29, 0.717) is 0 Å². The van der Waals surface area contributed by atoms with Crippen molar-refractivity contribution < 1.29 is 24.8 Å². The summed E-state index contributed by atoms with van der Waals surface area (Å²) in [4.78, 5) is 0. The largest absolute Gasteiger partial charge is 0.493 e. The second kappa shape index (κ2) is 13.6. The minimum atomic E-state index is -1.03. The molecule has 5 heteroatoms. The summed E-state index contributed by atoms with van der Waals surface area (Å²) in [5.41, 5.74) is 0. The van der Waals surface area contributed by atoms with Gasteiger partial charge in [0, 0.05) is 0 Å². The van der Waals surface area contributed by atoms with Crippen LogP contribution in [0, 0.1) is 0 Å².